The zero-order valence-electron chi connectivity index (χ0n) is 11.1. The van der Waals surface area contributed by atoms with Gasteiger partial charge in [0.05, 0.1) is 25.9 Å². The van der Waals surface area contributed by atoms with Crippen LogP contribution in [0.25, 0.3) is 0 Å². The number of hydrogen-bond donors (Lipinski definition) is 2. The third-order valence-electron chi connectivity index (χ3n) is 2.53. The summed E-state index contributed by atoms with van der Waals surface area (Å²) in [4.78, 5) is 8.08. The van der Waals surface area contributed by atoms with E-state index in [1.54, 1.807) is 21.1 Å². The van der Waals surface area contributed by atoms with Gasteiger partial charge in [-0.05, 0) is 26.3 Å². The molecule has 1 unspecified atom stereocenters. The molecule has 0 aromatic carbocycles. The lowest BCUT2D eigenvalue weighted by Gasteiger charge is -2.11. The van der Waals surface area contributed by atoms with Crippen molar-refractivity contribution in [3.05, 3.63) is 11.9 Å². The van der Waals surface area contributed by atoms with Gasteiger partial charge in [-0.15, -0.1) is 0 Å². The smallest absolute Gasteiger partial charge is 0.224 e. The molecule has 6 nitrogen and oxygen atoms in total. The number of hydrogen-bond acceptors (Lipinski definition) is 6. The Kier molecular flexibility index (Phi) is 6.38. The fourth-order valence-electron chi connectivity index (χ4n) is 1.62. The van der Waals surface area contributed by atoms with Gasteiger partial charge in [-0.1, -0.05) is 0 Å². The second-order valence-corrected chi connectivity index (χ2v) is 4.04. The Hall–Kier alpha value is -1.40. The number of aliphatic hydroxyl groups excluding tert-OH is 1. The maximum atomic E-state index is 9.15. The summed E-state index contributed by atoms with van der Waals surface area (Å²) in [7, 11) is 3.14. The van der Waals surface area contributed by atoms with Crippen LogP contribution in [0.3, 0.4) is 0 Å². The SMILES string of the molecule is COc1ncnc(OC)c1CNCCCC(C)O. The van der Waals surface area contributed by atoms with Gasteiger partial charge in [-0.25, -0.2) is 9.97 Å². The van der Waals surface area contributed by atoms with E-state index in [1.165, 1.54) is 6.33 Å². The molecule has 102 valence electrons. The first-order valence-corrected chi connectivity index (χ1v) is 5.99. The molecule has 0 amide bonds. The Morgan fingerprint density at radius 1 is 1.28 bits per heavy atom. The fourth-order valence-corrected chi connectivity index (χ4v) is 1.62. The zero-order valence-corrected chi connectivity index (χ0v) is 11.1. The summed E-state index contributed by atoms with van der Waals surface area (Å²) in [5.41, 5.74) is 0.805. The van der Waals surface area contributed by atoms with Crippen LogP contribution in [-0.4, -0.2) is 41.9 Å². The van der Waals surface area contributed by atoms with E-state index in [1.807, 2.05) is 0 Å². The highest BCUT2D eigenvalue weighted by molar-refractivity contribution is 5.34. The number of methoxy groups -OCH3 is 2. The Morgan fingerprint density at radius 2 is 1.89 bits per heavy atom. The average molecular weight is 255 g/mol. The first-order chi connectivity index (χ1) is 8.69. The van der Waals surface area contributed by atoms with Crippen LogP contribution in [0.2, 0.25) is 0 Å². The molecule has 1 aromatic rings. The van der Waals surface area contributed by atoms with Crippen LogP contribution in [0.4, 0.5) is 0 Å². The van der Waals surface area contributed by atoms with Crippen LogP contribution in [0.15, 0.2) is 6.33 Å². The van der Waals surface area contributed by atoms with Gasteiger partial charge in [0.2, 0.25) is 11.8 Å². The van der Waals surface area contributed by atoms with Crippen molar-refractivity contribution >= 4 is 0 Å². The lowest BCUT2D eigenvalue weighted by atomic mass is 10.2. The van der Waals surface area contributed by atoms with Crippen LogP contribution < -0.4 is 14.8 Å². The molecule has 0 fully saturated rings. The molecule has 0 aliphatic heterocycles. The Bertz CT molecular complexity index is 336. The topological polar surface area (TPSA) is 76.5 Å². The third kappa shape index (κ3) is 4.46. The summed E-state index contributed by atoms with van der Waals surface area (Å²) in [5.74, 6) is 1.04. The zero-order chi connectivity index (χ0) is 13.4. The molecule has 0 saturated carbocycles. The standard InChI is InChI=1S/C12H21N3O3/c1-9(16)5-4-6-13-7-10-11(17-2)14-8-15-12(10)18-3/h8-9,13,16H,4-7H2,1-3H3. The lowest BCUT2D eigenvalue weighted by molar-refractivity contribution is 0.181. The maximum absolute atomic E-state index is 9.15. The Morgan fingerprint density at radius 3 is 2.39 bits per heavy atom. The predicted octanol–water partition coefficient (Wildman–Crippen LogP) is 0.744. The fraction of sp³-hybridized carbons (Fsp3) is 0.667. The number of nitrogens with zero attached hydrogens (tertiary/aromatic N) is 2. The number of aromatic nitrogens is 2. The summed E-state index contributed by atoms with van der Waals surface area (Å²) in [6, 6.07) is 0. The van der Waals surface area contributed by atoms with Gasteiger partial charge in [0.15, 0.2) is 0 Å². The molecule has 0 radical (unpaired) electrons. The molecule has 0 saturated heterocycles. The van der Waals surface area contributed by atoms with Crippen molar-refractivity contribution in [2.24, 2.45) is 0 Å². The second kappa shape index (κ2) is 7.84. The maximum Gasteiger partial charge on any atom is 0.224 e. The van der Waals surface area contributed by atoms with E-state index in [2.05, 4.69) is 15.3 Å². The van der Waals surface area contributed by atoms with Gasteiger partial charge >= 0.3 is 0 Å². The predicted molar refractivity (Wildman–Crippen MR) is 67.8 cm³/mol. The third-order valence-corrected chi connectivity index (χ3v) is 2.53. The van der Waals surface area contributed by atoms with Gasteiger partial charge in [-0.2, -0.15) is 0 Å². The average Bonchev–Trinajstić information content (AvgIpc) is 2.37. The van der Waals surface area contributed by atoms with E-state index in [-0.39, 0.29) is 6.10 Å². The van der Waals surface area contributed by atoms with Crippen LogP contribution in [0, 0.1) is 0 Å². The van der Waals surface area contributed by atoms with Crippen molar-refractivity contribution in [3.63, 3.8) is 0 Å². The molecule has 0 aliphatic carbocycles. The van der Waals surface area contributed by atoms with Crippen molar-refractivity contribution in [2.45, 2.75) is 32.4 Å². The molecular formula is C12H21N3O3. The van der Waals surface area contributed by atoms with E-state index >= 15 is 0 Å². The quantitative estimate of drug-likeness (QED) is 0.667. The van der Waals surface area contributed by atoms with Gasteiger partial charge in [0.25, 0.3) is 0 Å². The highest BCUT2D eigenvalue weighted by Gasteiger charge is 2.11. The normalized spacial score (nSPS) is 12.2. The van der Waals surface area contributed by atoms with Gasteiger partial charge < -0.3 is 19.9 Å². The minimum atomic E-state index is -0.254. The molecule has 2 N–H and O–H groups in total. The lowest BCUT2D eigenvalue weighted by Crippen LogP contribution is -2.18. The number of rotatable bonds is 8. The van der Waals surface area contributed by atoms with Crippen molar-refractivity contribution < 1.29 is 14.6 Å². The molecule has 1 rings (SSSR count). The number of ether oxygens (including phenoxy) is 2. The second-order valence-electron chi connectivity index (χ2n) is 4.04. The molecule has 0 bridgehead atoms. The first kappa shape index (κ1) is 14.7. The summed E-state index contributed by atoms with van der Waals surface area (Å²) in [5, 5.41) is 12.4. The van der Waals surface area contributed by atoms with Crippen molar-refractivity contribution in [1.82, 2.24) is 15.3 Å². The van der Waals surface area contributed by atoms with E-state index in [9.17, 15) is 0 Å². The molecular weight excluding hydrogens is 234 g/mol. The van der Waals surface area contributed by atoms with Crippen LogP contribution in [0.5, 0.6) is 11.8 Å². The Labute approximate surface area is 107 Å². The minimum Gasteiger partial charge on any atom is -0.481 e. The van der Waals surface area contributed by atoms with Crippen LogP contribution in [-0.2, 0) is 6.54 Å². The van der Waals surface area contributed by atoms with Crippen LogP contribution in [0.1, 0.15) is 25.3 Å². The summed E-state index contributed by atoms with van der Waals surface area (Å²) in [6.45, 7) is 3.18. The van der Waals surface area contributed by atoms with Gasteiger partial charge in [0, 0.05) is 6.54 Å². The Balaban J connectivity index is 2.50. The van der Waals surface area contributed by atoms with Crippen molar-refractivity contribution in [3.8, 4) is 11.8 Å². The summed E-state index contributed by atoms with van der Waals surface area (Å²) < 4.78 is 10.3. The van der Waals surface area contributed by atoms with Gasteiger partial charge in [-0.3, -0.25) is 0 Å². The van der Waals surface area contributed by atoms with E-state index in [0.29, 0.717) is 18.3 Å². The van der Waals surface area contributed by atoms with E-state index < -0.39 is 0 Å². The minimum absolute atomic E-state index is 0.254. The molecule has 0 aliphatic rings. The molecule has 1 aromatic heterocycles. The van der Waals surface area contributed by atoms with E-state index in [4.69, 9.17) is 14.6 Å². The monoisotopic (exact) mass is 255 g/mol. The molecule has 18 heavy (non-hydrogen) atoms. The molecule has 6 heteroatoms. The molecule has 1 atom stereocenters. The highest BCUT2D eigenvalue weighted by atomic mass is 16.5. The van der Waals surface area contributed by atoms with Crippen molar-refractivity contribution in [1.29, 1.82) is 0 Å². The van der Waals surface area contributed by atoms with Crippen molar-refractivity contribution in [2.75, 3.05) is 20.8 Å². The molecule has 1 heterocycles. The largest absolute Gasteiger partial charge is 0.481 e. The summed E-state index contributed by atoms with van der Waals surface area (Å²) >= 11 is 0. The summed E-state index contributed by atoms with van der Waals surface area (Å²) in [6.07, 6.45) is 2.85. The highest BCUT2D eigenvalue weighted by Crippen LogP contribution is 2.22. The first-order valence-electron chi connectivity index (χ1n) is 5.99. The number of nitrogens with one attached hydrogen (secondary N) is 1. The van der Waals surface area contributed by atoms with E-state index in [0.717, 1.165) is 24.9 Å². The molecule has 0 spiro atoms. The number of aliphatic hydroxyl groups is 1. The van der Waals surface area contributed by atoms with Crippen LogP contribution >= 0.6 is 0 Å². The van der Waals surface area contributed by atoms with Gasteiger partial charge in [0.1, 0.15) is 6.33 Å².